The minimum atomic E-state index is -0.0389. The van der Waals surface area contributed by atoms with Crippen LogP contribution in [0.25, 0.3) is 0 Å². The summed E-state index contributed by atoms with van der Waals surface area (Å²) in [6.45, 7) is 7.28. The number of nitrogens with two attached hydrogens (primary N) is 1. The second kappa shape index (κ2) is 7.54. The highest BCUT2D eigenvalue weighted by atomic mass is 16.5. The lowest BCUT2D eigenvalue weighted by atomic mass is 10.0. The smallest absolute Gasteiger partial charge is 0.101 e. The van der Waals surface area contributed by atoms with Crippen LogP contribution < -0.4 is 5.73 Å². The molecule has 1 aromatic heterocycles. The van der Waals surface area contributed by atoms with Crippen molar-refractivity contribution in [1.29, 1.82) is 0 Å². The van der Waals surface area contributed by atoms with E-state index in [0.717, 1.165) is 18.6 Å². The van der Waals surface area contributed by atoms with Crippen molar-refractivity contribution in [3.63, 3.8) is 0 Å². The van der Waals surface area contributed by atoms with Crippen LogP contribution in [-0.4, -0.2) is 22.4 Å². The minimum absolute atomic E-state index is 0.0306. The number of ether oxygens (including phenoxy) is 1. The number of hydrogen-bond acceptors (Lipinski definition) is 3. The van der Waals surface area contributed by atoms with Crippen molar-refractivity contribution in [2.45, 2.75) is 52.2 Å². The maximum atomic E-state index is 6.16. The average molecular weight is 253 g/mol. The van der Waals surface area contributed by atoms with Gasteiger partial charge in [-0.2, -0.15) is 5.10 Å². The van der Waals surface area contributed by atoms with Gasteiger partial charge in [-0.15, -0.1) is 0 Å². The molecule has 1 aromatic rings. The molecule has 0 amide bonds. The highest BCUT2D eigenvalue weighted by molar-refractivity contribution is 5.10. The minimum Gasteiger partial charge on any atom is -0.372 e. The molecule has 1 rings (SSSR count). The van der Waals surface area contributed by atoms with Crippen LogP contribution in [0.5, 0.6) is 0 Å². The molecular weight excluding hydrogens is 226 g/mol. The van der Waals surface area contributed by atoms with Gasteiger partial charge >= 0.3 is 0 Å². The van der Waals surface area contributed by atoms with E-state index in [1.807, 2.05) is 19.4 Å². The highest BCUT2D eigenvalue weighted by Crippen LogP contribution is 2.23. The molecule has 0 saturated heterocycles. The molecule has 0 fully saturated rings. The second-order valence-corrected chi connectivity index (χ2v) is 5.17. The average Bonchev–Trinajstić information content (AvgIpc) is 2.76. The zero-order chi connectivity index (χ0) is 13.5. The van der Waals surface area contributed by atoms with Crippen LogP contribution in [0, 0.1) is 5.92 Å². The van der Waals surface area contributed by atoms with Crippen molar-refractivity contribution < 1.29 is 4.74 Å². The quantitative estimate of drug-likeness (QED) is 0.775. The number of hydrogen-bond donors (Lipinski definition) is 1. The third-order valence-electron chi connectivity index (χ3n) is 3.26. The summed E-state index contributed by atoms with van der Waals surface area (Å²) in [6, 6.07) is 0.0306. The van der Waals surface area contributed by atoms with Crippen LogP contribution in [0.3, 0.4) is 0 Å². The zero-order valence-electron chi connectivity index (χ0n) is 12.1. The predicted molar refractivity (Wildman–Crippen MR) is 74.2 cm³/mol. The third kappa shape index (κ3) is 4.42. The summed E-state index contributed by atoms with van der Waals surface area (Å²) in [5.41, 5.74) is 7.24. The first kappa shape index (κ1) is 15.2. The lowest BCUT2D eigenvalue weighted by Crippen LogP contribution is -2.30. The summed E-state index contributed by atoms with van der Waals surface area (Å²) in [5.74, 6) is 0.582. The predicted octanol–water partition coefficient (Wildman–Crippen LogP) is 2.65. The summed E-state index contributed by atoms with van der Waals surface area (Å²) in [6.07, 6.45) is 7.10. The van der Waals surface area contributed by atoms with Crippen LogP contribution in [0.1, 0.15) is 51.7 Å². The molecule has 0 radical (unpaired) electrons. The van der Waals surface area contributed by atoms with E-state index < -0.39 is 0 Å². The SMILES string of the molecule is CCCC(C)COC(c1cnn(C)c1)C(N)CC. The Morgan fingerprint density at radius 2 is 2.17 bits per heavy atom. The molecule has 0 aromatic carbocycles. The molecule has 0 bridgehead atoms. The maximum absolute atomic E-state index is 6.16. The van der Waals surface area contributed by atoms with Gasteiger partial charge in [0.15, 0.2) is 0 Å². The maximum Gasteiger partial charge on any atom is 0.101 e. The number of rotatable bonds is 8. The van der Waals surface area contributed by atoms with Gasteiger partial charge < -0.3 is 10.5 Å². The third-order valence-corrected chi connectivity index (χ3v) is 3.26. The summed E-state index contributed by atoms with van der Waals surface area (Å²) in [5, 5.41) is 4.20. The molecular formula is C14H27N3O. The van der Waals surface area contributed by atoms with E-state index in [1.54, 1.807) is 4.68 Å². The van der Waals surface area contributed by atoms with Gasteiger partial charge in [0.25, 0.3) is 0 Å². The zero-order valence-corrected chi connectivity index (χ0v) is 12.1. The fraction of sp³-hybridized carbons (Fsp3) is 0.786. The van der Waals surface area contributed by atoms with Crippen molar-refractivity contribution in [1.82, 2.24) is 9.78 Å². The molecule has 18 heavy (non-hydrogen) atoms. The van der Waals surface area contributed by atoms with Crippen molar-refractivity contribution in [3.8, 4) is 0 Å². The lowest BCUT2D eigenvalue weighted by Gasteiger charge is -2.24. The Labute approximate surface area is 111 Å². The summed E-state index contributed by atoms with van der Waals surface area (Å²) >= 11 is 0. The Bertz CT molecular complexity index is 338. The van der Waals surface area contributed by atoms with E-state index in [1.165, 1.54) is 12.8 Å². The Balaban J connectivity index is 2.62. The molecule has 2 N–H and O–H groups in total. The van der Waals surface area contributed by atoms with Crippen LogP contribution >= 0.6 is 0 Å². The number of nitrogens with zero attached hydrogens (tertiary/aromatic N) is 2. The molecule has 3 unspecified atom stereocenters. The first-order valence-electron chi connectivity index (χ1n) is 6.94. The number of aromatic nitrogens is 2. The van der Waals surface area contributed by atoms with E-state index in [4.69, 9.17) is 10.5 Å². The van der Waals surface area contributed by atoms with Crippen LogP contribution in [-0.2, 0) is 11.8 Å². The topological polar surface area (TPSA) is 53.1 Å². The summed E-state index contributed by atoms with van der Waals surface area (Å²) in [7, 11) is 1.91. The first-order chi connectivity index (χ1) is 8.58. The molecule has 0 spiro atoms. The normalized spacial score (nSPS) is 16.5. The van der Waals surface area contributed by atoms with Crippen molar-refractivity contribution in [2.75, 3.05) is 6.61 Å². The molecule has 4 heteroatoms. The lowest BCUT2D eigenvalue weighted by molar-refractivity contribution is 0.0131. The van der Waals surface area contributed by atoms with Crippen molar-refractivity contribution in [2.24, 2.45) is 18.7 Å². The van der Waals surface area contributed by atoms with E-state index in [-0.39, 0.29) is 12.1 Å². The Morgan fingerprint density at radius 3 is 2.67 bits per heavy atom. The largest absolute Gasteiger partial charge is 0.372 e. The van der Waals surface area contributed by atoms with Crippen molar-refractivity contribution in [3.05, 3.63) is 18.0 Å². The van der Waals surface area contributed by atoms with Crippen LogP contribution in [0.2, 0.25) is 0 Å². The van der Waals surface area contributed by atoms with Crippen LogP contribution in [0.15, 0.2) is 12.4 Å². The first-order valence-corrected chi connectivity index (χ1v) is 6.94. The van der Waals surface area contributed by atoms with Crippen LogP contribution in [0.4, 0.5) is 0 Å². The Morgan fingerprint density at radius 1 is 1.44 bits per heavy atom. The van der Waals surface area contributed by atoms with Gasteiger partial charge in [-0.3, -0.25) is 4.68 Å². The molecule has 0 saturated carbocycles. The van der Waals surface area contributed by atoms with Gasteiger partial charge in [0, 0.05) is 24.8 Å². The van der Waals surface area contributed by atoms with Gasteiger partial charge in [-0.1, -0.05) is 27.2 Å². The Hall–Kier alpha value is -0.870. The fourth-order valence-electron chi connectivity index (χ4n) is 2.11. The highest BCUT2D eigenvalue weighted by Gasteiger charge is 2.21. The summed E-state index contributed by atoms with van der Waals surface area (Å²) in [4.78, 5) is 0. The van der Waals surface area contributed by atoms with Gasteiger partial charge in [0.2, 0.25) is 0 Å². The van der Waals surface area contributed by atoms with E-state index in [0.29, 0.717) is 5.92 Å². The molecule has 3 atom stereocenters. The molecule has 1 heterocycles. The number of aryl methyl sites for hydroxylation is 1. The van der Waals surface area contributed by atoms with Gasteiger partial charge in [0.05, 0.1) is 12.8 Å². The molecule has 4 nitrogen and oxygen atoms in total. The fourth-order valence-corrected chi connectivity index (χ4v) is 2.11. The van der Waals surface area contributed by atoms with Gasteiger partial charge in [-0.25, -0.2) is 0 Å². The second-order valence-electron chi connectivity index (χ2n) is 5.17. The van der Waals surface area contributed by atoms with E-state index in [2.05, 4.69) is 25.9 Å². The van der Waals surface area contributed by atoms with Gasteiger partial charge in [-0.05, 0) is 18.8 Å². The van der Waals surface area contributed by atoms with Crippen molar-refractivity contribution >= 4 is 0 Å². The molecule has 0 aliphatic carbocycles. The standard InChI is InChI=1S/C14H27N3O/c1-5-7-11(3)10-18-14(13(15)6-2)12-8-16-17(4)9-12/h8-9,11,13-14H,5-7,10,15H2,1-4H3. The van der Waals surface area contributed by atoms with Gasteiger partial charge in [0.1, 0.15) is 6.10 Å². The summed E-state index contributed by atoms with van der Waals surface area (Å²) < 4.78 is 7.83. The van der Waals surface area contributed by atoms with E-state index >= 15 is 0 Å². The Kier molecular flexibility index (Phi) is 6.36. The van der Waals surface area contributed by atoms with E-state index in [9.17, 15) is 0 Å². The molecule has 0 aliphatic heterocycles. The molecule has 104 valence electrons. The molecule has 0 aliphatic rings. The monoisotopic (exact) mass is 253 g/mol.